The Hall–Kier alpha value is -3.17. The van der Waals surface area contributed by atoms with Gasteiger partial charge in [0.1, 0.15) is 4.21 Å². The molecule has 32 heavy (non-hydrogen) atoms. The Bertz CT molecular complexity index is 1190. The molecule has 9 heteroatoms. The van der Waals surface area contributed by atoms with Gasteiger partial charge in [0.15, 0.2) is 0 Å². The number of piperidine rings is 1. The number of carbonyl (C=O) groups excluding carboxylic acids is 2. The van der Waals surface area contributed by atoms with Crippen LogP contribution in [0.25, 0.3) is 0 Å². The zero-order valence-electron chi connectivity index (χ0n) is 17.2. The number of carbonyl (C=O) groups is 2. The van der Waals surface area contributed by atoms with Crippen LogP contribution in [-0.4, -0.2) is 38.2 Å². The van der Waals surface area contributed by atoms with Crippen LogP contribution in [0.3, 0.4) is 0 Å². The minimum Gasteiger partial charge on any atom is -0.339 e. The van der Waals surface area contributed by atoms with E-state index in [-0.39, 0.29) is 21.9 Å². The van der Waals surface area contributed by atoms with Crippen molar-refractivity contribution in [2.45, 2.75) is 17.1 Å². The molecule has 1 fully saturated rings. The molecule has 4 rings (SSSR count). The fourth-order valence-corrected chi connectivity index (χ4v) is 5.67. The van der Waals surface area contributed by atoms with Crippen molar-refractivity contribution >= 4 is 44.5 Å². The van der Waals surface area contributed by atoms with Gasteiger partial charge in [-0.1, -0.05) is 30.3 Å². The molecule has 0 saturated carbocycles. The molecular formula is C23H23N3O4S2. The highest BCUT2D eigenvalue weighted by Crippen LogP contribution is 2.24. The number of nitrogens with zero attached hydrogens (tertiary/aromatic N) is 1. The maximum atomic E-state index is 13.0. The standard InChI is InChI=1S/C23H23N3O4S2/c27-22(24-19-7-2-1-3-8-19)17-11-13-26(14-12-17)23(28)18-6-4-9-20(16-18)25-32(29,30)21-10-5-15-31-21/h1-10,15-17,25H,11-14H2,(H,24,27). The molecule has 1 aliphatic heterocycles. The van der Waals surface area contributed by atoms with Gasteiger partial charge < -0.3 is 10.2 Å². The molecule has 166 valence electrons. The molecule has 0 atom stereocenters. The number of rotatable bonds is 6. The highest BCUT2D eigenvalue weighted by atomic mass is 32.2. The van der Waals surface area contributed by atoms with Crippen LogP contribution in [0, 0.1) is 5.92 Å². The Balaban J connectivity index is 1.36. The first-order valence-corrected chi connectivity index (χ1v) is 12.6. The van der Waals surface area contributed by atoms with Gasteiger partial charge in [-0.15, -0.1) is 11.3 Å². The second-order valence-electron chi connectivity index (χ2n) is 7.54. The van der Waals surface area contributed by atoms with Crippen LogP contribution in [-0.2, 0) is 14.8 Å². The van der Waals surface area contributed by atoms with Gasteiger partial charge in [-0.05, 0) is 54.6 Å². The number of hydrogen-bond donors (Lipinski definition) is 2. The second kappa shape index (κ2) is 9.54. The maximum Gasteiger partial charge on any atom is 0.271 e. The Kier molecular flexibility index (Phi) is 6.57. The van der Waals surface area contributed by atoms with E-state index < -0.39 is 10.0 Å². The lowest BCUT2D eigenvalue weighted by molar-refractivity contribution is -0.121. The fraction of sp³-hybridized carbons (Fsp3) is 0.217. The summed E-state index contributed by atoms with van der Waals surface area (Å²) in [7, 11) is -3.68. The van der Waals surface area contributed by atoms with E-state index >= 15 is 0 Å². The number of nitrogens with one attached hydrogen (secondary N) is 2. The average Bonchev–Trinajstić information content (AvgIpc) is 3.35. The van der Waals surface area contributed by atoms with Crippen LogP contribution in [0.5, 0.6) is 0 Å². The monoisotopic (exact) mass is 469 g/mol. The van der Waals surface area contributed by atoms with Crippen LogP contribution < -0.4 is 10.0 Å². The quantitative estimate of drug-likeness (QED) is 0.570. The molecule has 2 amide bonds. The number of sulfonamides is 1. The van der Waals surface area contributed by atoms with E-state index in [9.17, 15) is 18.0 Å². The maximum absolute atomic E-state index is 13.0. The first kappa shape index (κ1) is 22.0. The van der Waals surface area contributed by atoms with Gasteiger partial charge in [0.05, 0.1) is 0 Å². The van der Waals surface area contributed by atoms with Crippen molar-refractivity contribution in [1.82, 2.24) is 4.90 Å². The average molecular weight is 470 g/mol. The first-order valence-electron chi connectivity index (χ1n) is 10.2. The molecule has 2 heterocycles. The Morgan fingerprint density at radius 3 is 2.31 bits per heavy atom. The van der Waals surface area contributed by atoms with Crippen LogP contribution in [0.2, 0.25) is 0 Å². The summed E-state index contributed by atoms with van der Waals surface area (Å²) >= 11 is 1.13. The van der Waals surface area contributed by atoms with Gasteiger partial charge in [-0.25, -0.2) is 8.42 Å². The minimum absolute atomic E-state index is 0.0340. The molecule has 0 aliphatic carbocycles. The van der Waals surface area contributed by atoms with E-state index in [1.807, 2.05) is 30.3 Å². The zero-order valence-corrected chi connectivity index (χ0v) is 18.9. The van der Waals surface area contributed by atoms with E-state index in [1.165, 1.54) is 6.07 Å². The van der Waals surface area contributed by atoms with Gasteiger partial charge in [-0.2, -0.15) is 0 Å². The SMILES string of the molecule is O=C(Nc1ccccc1)C1CCN(C(=O)c2cccc(NS(=O)(=O)c3cccs3)c2)CC1. The van der Waals surface area contributed by atoms with Crippen LogP contribution in [0.1, 0.15) is 23.2 Å². The number of anilines is 2. The first-order chi connectivity index (χ1) is 15.4. The highest BCUT2D eigenvalue weighted by molar-refractivity contribution is 7.94. The Morgan fingerprint density at radius 1 is 0.906 bits per heavy atom. The van der Waals surface area contributed by atoms with Gasteiger partial charge in [0, 0.05) is 35.9 Å². The number of hydrogen-bond acceptors (Lipinski definition) is 5. The molecule has 3 aromatic rings. The molecule has 7 nitrogen and oxygen atoms in total. The number of likely N-dealkylation sites (tertiary alicyclic amines) is 1. The predicted molar refractivity (Wildman–Crippen MR) is 125 cm³/mol. The Labute approximate surface area is 191 Å². The van der Waals surface area contributed by atoms with Crippen molar-refractivity contribution in [1.29, 1.82) is 0 Å². The number of thiophene rings is 1. The van der Waals surface area contributed by atoms with E-state index in [0.29, 0.717) is 37.2 Å². The molecule has 1 aromatic heterocycles. The lowest BCUT2D eigenvalue weighted by Crippen LogP contribution is -2.41. The van der Waals surface area contributed by atoms with Crippen molar-refractivity contribution in [3.63, 3.8) is 0 Å². The van der Waals surface area contributed by atoms with E-state index in [1.54, 1.807) is 40.6 Å². The number of amides is 2. The third-order valence-corrected chi connectivity index (χ3v) is 8.09. The summed E-state index contributed by atoms with van der Waals surface area (Å²) in [5, 5.41) is 4.61. The highest BCUT2D eigenvalue weighted by Gasteiger charge is 2.28. The van der Waals surface area contributed by atoms with Crippen molar-refractivity contribution in [3.8, 4) is 0 Å². The smallest absolute Gasteiger partial charge is 0.271 e. The molecule has 1 aliphatic rings. The molecule has 0 spiro atoms. The van der Waals surface area contributed by atoms with Crippen molar-refractivity contribution < 1.29 is 18.0 Å². The van der Waals surface area contributed by atoms with Crippen LogP contribution in [0.4, 0.5) is 11.4 Å². The summed E-state index contributed by atoms with van der Waals surface area (Å²) in [6.45, 7) is 0.938. The molecule has 1 saturated heterocycles. The zero-order chi connectivity index (χ0) is 22.6. The van der Waals surface area contributed by atoms with Gasteiger partial charge in [-0.3, -0.25) is 14.3 Å². The van der Waals surface area contributed by atoms with Crippen molar-refractivity contribution in [2.75, 3.05) is 23.1 Å². The van der Waals surface area contributed by atoms with Crippen molar-refractivity contribution in [3.05, 3.63) is 77.7 Å². The molecule has 0 unspecified atom stereocenters. The van der Waals surface area contributed by atoms with Crippen LogP contribution in [0.15, 0.2) is 76.3 Å². The second-order valence-corrected chi connectivity index (χ2v) is 10.4. The third-order valence-electron chi connectivity index (χ3n) is 5.32. The molecule has 0 bridgehead atoms. The normalized spacial score (nSPS) is 14.7. The number of benzene rings is 2. The predicted octanol–water partition coefficient (Wildman–Crippen LogP) is 4.04. The largest absolute Gasteiger partial charge is 0.339 e. The number of para-hydroxylation sites is 1. The van der Waals surface area contributed by atoms with Crippen LogP contribution >= 0.6 is 11.3 Å². The van der Waals surface area contributed by atoms with E-state index in [4.69, 9.17) is 0 Å². The van der Waals surface area contributed by atoms with Gasteiger partial charge >= 0.3 is 0 Å². The lowest BCUT2D eigenvalue weighted by Gasteiger charge is -2.31. The summed E-state index contributed by atoms with van der Waals surface area (Å²) < 4.78 is 27.6. The Morgan fingerprint density at radius 2 is 1.62 bits per heavy atom. The van der Waals surface area contributed by atoms with Gasteiger partial charge in [0.25, 0.3) is 15.9 Å². The van der Waals surface area contributed by atoms with Crippen molar-refractivity contribution in [2.24, 2.45) is 5.92 Å². The third kappa shape index (κ3) is 5.17. The summed E-state index contributed by atoms with van der Waals surface area (Å²) in [5.74, 6) is -0.361. The summed E-state index contributed by atoms with van der Waals surface area (Å²) in [6, 6.07) is 19.0. The topological polar surface area (TPSA) is 95.6 Å². The minimum atomic E-state index is -3.68. The summed E-state index contributed by atoms with van der Waals surface area (Å²) in [6.07, 6.45) is 1.16. The molecular weight excluding hydrogens is 446 g/mol. The van der Waals surface area contributed by atoms with E-state index in [0.717, 1.165) is 17.0 Å². The fourth-order valence-electron chi connectivity index (χ4n) is 3.63. The molecule has 2 N–H and O–H groups in total. The van der Waals surface area contributed by atoms with E-state index in [2.05, 4.69) is 10.0 Å². The summed E-state index contributed by atoms with van der Waals surface area (Å²) in [4.78, 5) is 27.2. The summed E-state index contributed by atoms with van der Waals surface area (Å²) in [5.41, 5.74) is 1.50. The van der Waals surface area contributed by atoms with Gasteiger partial charge in [0.2, 0.25) is 5.91 Å². The molecule has 0 radical (unpaired) electrons. The molecule has 2 aromatic carbocycles. The lowest BCUT2D eigenvalue weighted by atomic mass is 9.95.